The molecule has 102 valence electrons. The SMILES string of the molecule is CSc1nc(NCc2cccnc2)n2nc(Br)cc2n1. The molecule has 0 amide bonds. The second-order valence-corrected chi connectivity index (χ2v) is 5.57. The molecule has 0 aliphatic carbocycles. The van der Waals surface area contributed by atoms with Crippen LogP contribution in [0.4, 0.5) is 5.95 Å². The molecule has 3 rings (SSSR count). The zero-order chi connectivity index (χ0) is 13.9. The summed E-state index contributed by atoms with van der Waals surface area (Å²) in [6, 6.07) is 5.77. The van der Waals surface area contributed by atoms with Crippen molar-refractivity contribution in [1.29, 1.82) is 0 Å². The number of hydrogen-bond donors (Lipinski definition) is 1. The number of aromatic nitrogens is 5. The topological polar surface area (TPSA) is 68.0 Å². The first-order valence-corrected chi connectivity index (χ1v) is 7.88. The zero-order valence-corrected chi connectivity index (χ0v) is 13.0. The van der Waals surface area contributed by atoms with Gasteiger partial charge in [-0.3, -0.25) is 4.98 Å². The summed E-state index contributed by atoms with van der Waals surface area (Å²) in [5.41, 5.74) is 1.83. The minimum atomic E-state index is 0.630. The first kappa shape index (κ1) is 13.3. The molecule has 6 nitrogen and oxygen atoms in total. The molecule has 0 spiro atoms. The second kappa shape index (κ2) is 5.76. The molecule has 0 saturated heterocycles. The van der Waals surface area contributed by atoms with Gasteiger partial charge in [0.15, 0.2) is 10.8 Å². The van der Waals surface area contributed by atoms with Crippen molar-refractivity contribution >= 4 is 39.3 Å². The van der Waals surface area contributed by atoms with Gasteiger partial charge in [-0.2, -0.15) is 14.6 Å². The molecule has 0 aliphatic heterocycles. The van der Waals surface area contributed by atoms with E-state index in [9.17, 15) is 0 Å². The molecule has 0 atom stereocenters. The fourth-order valence-electron chi connectivity index (χ4n) is 1.73. The maximum atomic E-state index is 4.45. The number of halogens is 1. The number of hydrogen-bond acceptors (Lipinski definition) is 6. The Balaban J connectivity index is 1.93. The number of pyridine rings is 1. The number of anilines is 1. The lowest BCUT2D eigenvalue weighted by atomic mass is 10.3. The molecular weight excluding hydrogens is 340 g/mol. The van der Waals surface area contributed by atoms with Crippen molar-refractivity contribution in [2.24, 2.45) is 0 Å². The molecule has 0 aliphatic rings. The van der Waals surface area contributed by atoms with Gasteiger partial charge in [-0.25, -0.2) is 4.98 Å². The van der Waals surface area contributed by atoms with E-state index in [2.05, 4.69) is 41.3 Å². The molecule has 0 radical (unpaired) electrons. The van der Waals surface area contributed by atoms with Crippen LogP contribution in [0.25, 0.3) is 5.65 Å². The van der Waals surface area contributed by atoms with Crippen LogP contribution < -0.4 is 5.32 Å². The highest BCUT2D eigenvalue weighted by Gasteiger charge is 2.09. The summed E-state index contributed by atoms with van der Waals surface area (Å²) in [4.78, 5) is 12.9. The first-order chi connectivity index (χ1) is 9.76. The zero-order valence-electron chi connectivity index (χ0n) is 10.6. The lowest BCUT2D eigenvalue weighted by molar-refractivity contribution is 0.826. The number of fused-ring (bicyclic) bond motifs is 1. The summed E-state index contributed by atoms with van der Waals surface area (Å²) in [5, 5.41) is 8.30. The Hall–Kier alpha value is -1.67. The first-order valence-electron chi connectivity index (χ1n) is 5.86. The monoisotopic (exact) mass is 350 g/mol. The summed E-state index contributed by atoms with van der Waals surface area (Å²) >= 11 is 4.85. The Kier molecular flexibility index (Phi) is 3.83. The third-order valence-corrected chi connectivity index (χ3v) is 3.56. The van der Waals surface area contributed by atoms with Crippen LogP contribution in [-0.4, -0.2) is 30.8 Å². The Bertz CT molecular complexity index is 729. The maximum absolute atomic E-state index is 4.45. The van der Waals surface area contributed by atoms with E-state index in [1.165, 1.54) is 11.8 Å². The van der Waals surface area contributed by atoms with Gasteiger partial charge in [-0.05, 0) is 33.8 Å². The third kappa shape index (κ3) is 2.75. The molecule has 3 aromatic rings. The van der Waals surface area contributed by atoms with Crippen LogP contribution in [0, 0.1) is 0 Å². The van der Waals surface area contributed by atoms with Gasteiger partial charge >= 0.3 is 0 Å². The van der Waals surface area contributed by atoms with Crippen molar-refractivity contribution in [3.05, 3.63) is 40.8 Å². The van der Waals surface area contributed by atoms with Gasteiger partial charge in [0.25, 0.3) is 0 Å². The average Bonchev–Trinajstić information content (AvgIpc) is 2.86. The van der Waals surface area contributed by atoms with Crippen molar-refractivity contribution in [2.45, 2.75) is 11.7 Å². The molecule has 8 heteroatoms. The summed E-state index contributed by atoms with van der Waals surface area (Å²) in [7, 11) is 0. The summed E-state index contributed by atoms with van der Waals surface area (Å²) in [6.07, 6.45) is 5.52. The van der Waals surface area contributed by atoms with Crippen LogP contribution >= 0.6 is 27.7 Å². The van der Waals surface area contributed by atoms with Crippen molar-refractivity contribution in [2.75, 3.05) is 11.6 Å². The van der Waals surface area contributed by atoms with Crippen LogP contribution in [0.5, 0.6) is 0 Å². The van der Waals surface area contributed by atoms with Gasteiger partial charge in [-0.15, -0.1) is 0 Å². The van der Waals surface area contributed by atoms with E-state index >= 15 is 0 Å². The molecule has 0 fully saturated rings. The Morgan fingerprint density at radius 2 is 2.30 bits per heavy atom. The van der Waals surface area contributed by atoms with Crippen molar-refractivity contribution in [3.8, 4) is 0 Å². The fraction of sp³-hybridized carbons (Fsp3) is 0.167. The van der Waals surface area contributed by atoms with Crippen molar-refractivity contribution in [1.82, 2.24) is 24.6 Å². The van der Waals surface area contributed by atoms with Gasteiger partial charge in [0.1, 0.15) is 4.60 Å². The number of nitrogens with zero attached hydrogens (tertiary/aromatic N) is 5. The summed E-state index contributed by atoms with van der Waals surface area (Å²) in [5.74, 6) is 0.661. The highest BCUT2D eigenvalue weighted by molar-refractivity contribution is 9.10. The summed E-state index contributed by atoms with van der Waals surface area (Å²) in [6.45, 7) is 0.630. The third-order valence-electron chi connectivity index (χ3n) is 2.63. The molecule has 0 saturated carbocycles. The lowest BCUT2D eigenvalue weighted by Gasteiger charge is -2.08. The molecule has 0 bridgehead atoms. The largest absolute Gasteiger partial charge is 0.350 e. The highest BCUT2D eigenvalue weighted by Crippen LogP contribution is 2.18. The van der Waals surface area contributed by atoms with E-state index in [0.29, 0.717) is 17.6 Å². The maximum Gasteiger partial charge on any atom is 0.228 e. The minimum absolute atomic E-state index is 0.630. The van der Waals surface area contributed by atoms with Gasteiger partial charge in [0, 0.05) is 25.0 Å². The second-order valence-electron chi connectivity index (χ2n) is 3.99. The number of nitrogens with one attached hydrogen (secondary N) is 1. The van der Waals surface area contributed by atoms with Gasteiger partial charge < -0.3 is 5.32 Å². The van der Waals surface area contributed by atoms with Crippen LogP contribution in [0.15, 0.2) is 40.4 Å². The normalized spacial score (nSPS) is 10.9. The predicted octanol–water partition coefficient (Wildman–Crippen LogP) is 2.62. The minimum Gasteiger partial charge on any atom is -0.350 e. The van der Waals surface area contributed by atoms with Crippen LogP contribution in [0.1, 0.15) is 5.56 Å². The van der Waals surface area contributed by atoms with Crippen LogP contribution in [0.2, 0.25) is 0 Å². The standard InChI is InChI=1S/C12H11BrN6S/c1-20-12-16-10-5-9(13)18-19(10)11(17-12)15-7-8-3-2-4-14-6-8/h2-6H,7H2,1H3,(H,15,16,17). The van der Waals surface area contributed by atoms with Gasteiger partial charge in [-0.1, -0.05) is 17.8 Å². The predicted molar refractivity (Wildman–Crippen MR) is 81.8 cm³/mol. The molecule has 20 heavy (non-hydrogen) atoms. The van der Waals surface area contributed by atoms with Crippen LogP contribution in [-0.2, 0) is 6.54 Å². The fourth-order valence-corrected chi connectivity index (χ4v) is 2.46. The van der Waals surface area contributed by atoms with E-state index in [-0.39, 0.29) is 0 Å². The van der Waals surface area contributed by atoms with Crippen LogP contribution in [0.3, 0.4) is 0 Å². The van der Waals surface area contributed by atoms with Crippen molar-refractivity contribution < 1.29 is 0 Å². The Morgan fingerprint density at radius 3 is 3.05 bits per heavy atom. The van der Waals surface area contributed by atoms with Gasteiger partial charge in [0.2, 0.25) is 5.95 Å². The Morgan fingerprint density at radius 1 is 1.40 bits per heavy atom. The van der Waals surface area contributed by atoms with E-state index < -0.39 is 0 Å². The molecule has 3 heterocycles. The lowest BCUT2D eigenvalue weighted by Crippen LogP contribution is -2.09. The van der Waals surface area contributed by atoms with E-state index in [0.717, 1.165) is 15.8 Å². The number of rotatable bonds is 4. The highest BCUT2D eigenvalue weighted by atomic mass is 79.9. The molecule has 1 N–H and O–H groups in total. The van der Waals surface area contributed by atoms with Crippen molar-refractivity contribution in [3.63, 3.8) is 0 Å². The quantitative estimate of drug-likeness (QED) is 0.729. The Labute approximate surface area is 128 Å². The van der Waals surface area contributed by atoms with E-state index in [1.54, 1.807) is 10.7 Å². The molecular formula is C12H11BrN6S. The molecule has 0 unspecified atom stereocenters. The number of thioether (sulfide) groups is 1. The van der Waals surface area contributed by atoms with E-state index in [1.807, 2.05) is 30.7 Å². The van der Waals surface area contributed by atoms with Gasteiger partial charge in [0.05, 0.1) is 0 Å². The molecule has 3 aromatic heterocycles. The summed E-state index contributed by atoms with van der Waals surface area (Å²) < 4.78 is 2.41. The smallest absolute Gasteiger partial charge is 0.228 e. The van der Waals surface area contributed by atoms with E-state index in [4.69, 9.17) is 0 Å². The average molecular weight is 351 g/mol. The molecule has 0 aromatic carbocycles.